The number of piperazine rings is 1. The molecule has 1 aliphatic rings. The molecule has 1 atom stereocenters. The van der Waals surface area contributed by atoms with Gasteiger partial charge in [0.1, 0.15) is 0 Å². The maximum atomic E-state index is 9.11. The van der Waals surface area contributed by atoms with Crippen molar-refractivity contribution in [1.29, 1.82) is 0 Å². The molecule has 2 heterocycles. The van der Waals surface area contributed by atoms with E-state index < -0.39 is 0 Å². The van der Waals surface area contributed by atoms with E-state index in [4.69, 9.17) is 5.11 Å². The zero-order chi connectivity index (χ0) is 15.9. The number of likely N-dealkylation sites (N-methyl/N-ethyl adjacent to an activating group) is 1. The Morgan fingerprint density at radius 2 is 1.82 bits per heavy atom. The summed E-state index contributed by atoms with van der Waals surface area (Å²) in [6.07, 6.45) is 4.59. The summed E-state index contributed by atoms with van der Waals surface area (Å²) in [7, 11) is 2.14. The van der Waals surface area contributed by atoms with Crippen molar-refractivity contribution >= 4 is 5.95 Å². The molecule has 0 saturated carbocycles. The summed E-state index contributed by atoms with van der Waals surface area (Å²) in [6, 6.07) is 0.322. The lowest BCUT2D eigenvalue weighted by Crippen LogP contribution is -2.45. The van der Waals surface area contributed by atoms with Gasteiger partial charge < -0.3 is 20.2 Å². The number of aromatic nitrogens is 2. The molecule has 1 aromatic rings. The maximum absolute atomic E-state index is 9.11. The van der Waals surface area contributed by atoms with Crippen LogP contribution in [-0.2, 0) is 6.54 Å². The van der Waals surface area contributed by atoms with Crippen LogP contribution in [0.3, 0.4) is 0 Å². The van der Waals surface area contributed by atoms with E-state index in [-0.39, 0.29) is 6.61 Å². The van der Waals surface area contributed by atoms with Crippen molar-refractivity contribution in [3.8, 4) is 0 Å². The highest BCUT2D eigenvalue weighted by Crippen LogP contribution is 2.11. The Labute approximate surface area is 133 Å². The summed E-state index contributed by atoms with van der Waals surface area (Å²) < 4.78 is 0. The third-order valence-corrected chi connectivity index (χ3v) is 4.29. The molecule has 1 aliphatic heterocycles. The van der Waals surface area contributed by atoms with E-state index in [1.54, 1.807) is 0 Å². The first kappa shape index (κ1) is 17.1. The number of aliphatic hydroxyl groups excluding tert-OH is 1. The van der Waals surface area contributed by atoms with E-state index in [0.717, 1.165) is 50.7 Å². The van der Waals surface area contributed by atoms with Gasteiger partial charge in [0.25, 0.3) is 0 Å². The minimum absolute atomic E-state index is 0.217. The molecule has 0 amide bonds. The second-order valence-electron chi connectivity index (χ2n) is 6.43. The smallest absolute Gasteiger partial charge is 0.225 e. The van der Waals surface area contributed by atoms with Crippen molar-refractivity contribution in [3.63, 3.8) is 0 Å². The van der Waals surface area contributed by atoms with Crippen LogP contribution in [-0.4, -0.2) is 65.8 Å². The predicted octanol–water partition coefficient (Wildman–Crippen LogP) is 0.725. The first-order valence-electron chi connectivity index (χ1n) is 8.18. The molecule has 22 heavy (non-hydrogen) atoms. The second-order valence-corrected chi connectivity index (χ2v) is 6.43. The largest absolute Gasteiger partial charge is 0.396 e. The molecule has 1 aromatic heterocycles. The van der Waals surface area contributed by atoms with Crippen LogP contribution < -0.4 is 10.2 Å². The molecule has 0 bridgehead atoms. The van der Waals surface area contributed by atoms with Gasteiger partial charge in [-0.3, -0.25) is 0 Å². The minimum atomic E-state index is 0.217. The van der Waals surface area contributed by atoms with Crippen molar-refractivity contribution in [3.05, 3.63) is 18.0 Å². The molecular weight excluding hydrogens is 278 g/mol. The Kier molecular flexibility index (Phi) is 6.54. The van der Waals surface area contributed by atoms with E-state index in [1.165, 1.54) is 0 Å². The lowest BCUT2D eigenvalue weighted by atomic mass is 10.0. The average molecular weight is 307 g/mol. The van der Waals surface area contributed by atoms with Gasteiger partial charge in [-0.2, -0.15) is 0 Å². The van der Waals surface area contributed by atoms with Crippen molar-refractivity contribution in [1.82, 2.24) is 20.2 Å². The summed E-state index contributed by atoms with van der Waals surface area (Å²) in [5, 5.41) is 12.6. The Morgan fingerprint density at radius 3 is 2.36 bits per heavy atom. The maximum Gasteiger partial charge on any atom is 0.225 e. The van der Waals surface area contributed by atoms with Crippen molar-refractivity contribution < 1.29 is 5.11 Å². The van der Waals surface area contributed by atoms with Crippen LogP contribution in [0.15, 0.2) is 12.4 Å². The highest BCUT2D eigenvalue weighted by Gasteiger charge is 2.16. The Bertz CT molecular complexity index is 429. The van der Waals surface area contributed by atoms with Crippen LogP contribution in [0.25, 0.3) is 0 Å². The fraction of sp³-hybridized carbons (Fsp3) is 0.750. The molecule has 1 unspecified atom stereocenters. The molecule has 1 saturated heterocycles. The molecule has 2 N–H and O–H groups in total. The van der Waals surface area contributed by atoms with E-state index in [1.807, 2.05) is 12.4 Å². The SMILES string of the molecule is CC(C)C(CCO)NCc1cnc(N2CCN(C)CC2)nc1. The number of nitrogens with one attached hydrogen (secondary N) is 1. The highest BCUT2D eigenvalue weighted by molar-refractivity contribution is 5.30. The number of hydrogen-bond donors (Lipinski definition) is 2. The standard InChI is InChI=1S/C16H29N5O/c1-13(2)15(4-9-22)17-10-14-11-18-16(19-12-14)21-7-5-20(3)6-8-21/h11-13,15,17,22H,4-10H2,1-3H3. The van der Waals surface area contributed by atoms with Gasteiger partial charge in [0.15, 0.2) is 0 Å². The van der Waals surface area contributed by atoms with Gasteiger partial charge in [-0.25, -0.2) is 9.97 Å². The lowest BCUT2D eigenvalue weighted by molar-refractivity contribution is 0.244. The summed E-state index contributed by atoms with van der Waals surface area (Å²) in [4.78, 5) is 13.6. The third-order valence-electron chi connectivity index (χ3n) is 4.29. The first-order valence-corrected chi connectivity index (χ1v) is 8.18. The summed E-state index contributed by atoms with van der Waals surface area (Å²) in [5.41, 5.74) is 1.08. The van der Waals surface area contributed by atoms with Crippen molar-refractivity contribution in [2.75, 3.05) is 44.7 Å². The fourth-order valence-electron chi connectivity index (χ4n) is 2.67. The monoisotopic (exact) mass is 307 g/mol. The van der Waals surface area contributed by atoms with Crippen molar-refractivity contribution in [2.24, 2.45) is 5.92 Å². The zero-order valence-corrected chi connectivity index (χ0v) is 14.0. The lowest BCUT2D eigenvalue weighted by Gasteiger charge is -2.32. The minimum Gasteiger partial charge on any atom is -0.396 e. The molecule has 0 aliphatic carbocycles. The van der Waals surface area contributed by atoms with Crippen molar-refractivity contribution in [2.45, 2.75) is 32.9 Å². The third kappa shape index (κ3) is 4.90. The highest BCUT2D eigenvalue weighted by atomic mass is 16.3. The normalized spacial score (nSPS) is 18.0. The number of nitrogens with zero attached hydrogens (tertiary/aromatic N) is 4. The summed E-state index contributed by atoms with van der Waals surface area (Å²) in [5.74, 6) is 1.32. The molecule has 1 fully saturated rings. The van der Waals surface area contributed by atoms with Gasteiger partial charge in [0, 0.05) is 63.3 Å². The van der Waals surface area contributed by atoms with Crippen LogP contribution in [0, 0.1) is 5.92 Å². The molecule has 124 valence electrons. The number of aliphatic hydroxyl groups is 1. The van der Waals surface area contributed by atoms with E-state index in [0.29, 0.717) is 12.0 Å². The van der Waals surface area contributed by atoms with Gasteiger partial charge in [-0.1, -0.05) is 13.8 Å². The molecule has 0 radical (unpaired) electrons. The topological polar surface area (TPSA) is 64.5 Å². The number of hydrogen-bond acceptors (Lipinski definition) is 6. The summed E-state index contributed by atoms with van der Waals surface area (Å²) >= 11 is 0. The van der Waals surface area contributed by atoms with Gasteiger partial charge in [0.05, 0.1) is 0 Å². The number of anilines is 1. The molecule has 2 rings (SSSR count). The Morgan fingerprint density at radius 1 is 1.18 bits per heavy atom. The van der Waals surface area contributed by atoms with E-state index in [9.17, 15) is 0 Å². The summed E-state index contributed by atoms with van der Waals surface area (Å²) in [6.45, 7) is 9.38. The number of rotatable bonds is 7. The second kappa shape index (κ2) is 8.41. The molecule has 6 heteroatoms. The zero-order valence-electron chi connectivity index (χ0n) is 14.0. The quantitative estimate of drug-likeness (QED) is 0.774. The van der Waals surface area contributed by atoms with Crippen LogP contribution >= 0.6 is 0 Å². The van der Waals surface area contributed by atoms with E-state index in [2.05, 4.69) is 46.0 Å². The van der Waals surface area contributed by atoms with Gasteiger partial charge >= 0.3 is 0 Å². The van der Waals surface area contributed by atoms with Crippen LogP contribution in [0.1, 0.15) is 25.8 Å². The van der Waals surface area contributed by atoms with Gasteiger partial charge in [-0.15, -0.1) is 0 Å². The van der Waals surface area contributed by atoms with Gasteiger partial charge in [0.2, 0.25) is 5.95 Å². The molecule has 0 spiro atoms. The van der Waals surface area contributed by atoms with Crippen LogP contribution in [0.5, 0.6) is 0 Å². The van der Waals surface area contributed by atoms with Crippen LogP contribution in [0.2, 0.25) is 0 Å². The molecule has 0 aromatic carbocycles. The van der Waals surface area contributed by atoms with E-state index >= 15 is 0 Å². The average Bonchev–Trinajstić information content (AvgIpc) is 2.52. The predicted molar refractivity (Wildman–Crippen MR) is 88.9 cm³/mol. The van der Waals surface area contributed by atoms with Crippen LogP contribution in [0.4, 0.5) is 5.95 Å². The molecular formula is C16H29N5O. The Hall–Kier alpha value is -1.24. The molecule has 6 nitrogen and oxygen atoms in total. The van der Waals surface area contributed by atoms with Gasteiger partial charge in [-0.05, 0) is 19.4 Å². The Balaban J connectivity index is 1.86. The first-order chi connectivity index (χ1) is 10.6. The fourth-order valence-corrected chi connectivity index (χ4v) is 2.67.